The molecule has 0 unspecified atom stereocenters. The van der Waals surface area contributed by atoms with Gasteiger partial charge in [-0.05, 0) is 48.9 Å². The smallest absolute Gasteiger partial charge is 0.325 e. The van der Waals surface area contributed by atoms with Gasteiger partial charge in [0.2, 0.25) is 0 Å². The lowest BCUT2D eigenvalue weighted by Crippen LogP contribution is -2.34. The van der Waals surface area contributed by atoms with Crippen LogP contribution in [0.2, 0.25) is 0 Å². The van der Waals surface area contributed by atoms with E-state index in [1.54, 1.807) is 24.3 Å². The van der Waals surface area contributed by atoms with Crippen LogP contribution in [0.5, 0.6) is 0 Å². The second-order valence-corrected chi connectivity index (χ2v) is 5.91. The second-order valence-electron chi connectivity index (χ2n) is 5.91. The van der Waals surface area contributed by atoms with E-state index in [1.807, 2.05) is 6.92 Å². The quantitative estimate of drug-likeness (QED) is 0.715. The number of ether oxygens (including phenoxy) is 1. The Morgan fingerprint density at radius 2 is 1.82 bits per heavy atom. The van der Waals surface area contributed by atoms with Crippen LogP contribution in [-0.2, 0) is 16.1 Å². The zero-order valence-electron chi connectivity index (χ0n) is 15.7. The molecule has 7 nitrogen and oxygen atoms in total. The summed E-state index contributed by atoms with van der Waals surface area (Å²) in [6.45, 7) is 2.32. The maximum Gasteiger partial charge on any atom is 0.325 e. The number of halogens is 1. The topological polar surface area (TPSA) is 87.7 Å². The first-order chi connectivity index (χ1) is 13.4. The Morgan fingerprint density at radius 3 is 2.43 bits per heavy atom. The Labute approximate surface area is 162 Å². The molecule has 0 fully saturated rings. The molecule has 3 amide bonds. The van der Waals surface area contributed by atoms with Crippen LogP contribution >= 0.6 is 0 Å². The normalized spacial score (nSPS) is 10.1. The van der Waals surface area contributed by atoms with E-state index in [0.717, 1.165) is 0 Å². The molecule has 0 spiro atoms. The zero-order valence-corrected chi connectivity index (χ0v) is 15.7. The molecule has 2 aromatic carbocycles. The number of nitrogens with one attached hydrogen (secondary N) is 2. The van der Waals surface area contributed by atoms with Crippen molar-refractivity contribution in [3.63, 3.8) is 0 Å². The molecule has 0 aromatic heterocycles. The van der Waals surface area contributed by atoms with Crippen LogP contribution in [0.4, 0.5) is 14.9 Å². The van der Waals surface area contributed by atoms with Crippen molar-refractivity contribution in [2.24, 2.45) is 0 Å². The third-order valence-corrected chi connectivity index (χ3v) is 3.95. The average Bonchev–Trinajstić information content (AvgIpc) is 2.70. The number of nitrogens with zero attached hydrogens (tertiary/aromatic N) is 1. The predicted molar refractivity (Wildman–Crippen MR) is 102 cm³/mol. The van der Waals surface area contributed by atoms with Crippen molar-refractivity contribution in [3.05, 3.63) is 65.5 Å². The third kappa shape index (κ3) is 6.08. The van der Waals surface area contributed by atoms with Crippen LogP contribution < -0.4 is 10.6 Å². The summed E-state index contributed by atoms with van der Waals surface area (Å²) >= 11 is 0. The van der Waals surface area contributed by atoms with Gasteiger partial charge in [0.15, 0.2) is 0 Å². The van der Waals surface area contributed by atoms with Gasteiger partial charge < -0.3 is 20.3 Å². The number of esters is 1. The van der Waals surface area contributed by atoms with Crippen LogP contribution in [-0.4, -0.2) is 43.0 Å². The molecule has 0 aliphatic heterocycles. The van der Waals surface area contributed by atoms with Gasteiger partial charge in [-0.25, -0.2) is 9.18 Å². The fourth-order valence-corrected chi connectivity index (χ4v) is 2.42. The van der Waals surface area contributed by atoms with Gasteiger partial charge in [-0.2, -0.15) is 0 Å². The fourth-order valence-electron chi connectivity index (χ4n) is 2.42. The summed E-state index contributed by atoms with van der Waals surface area (Å²) in [5, 5.41) is 5.17. The van der Waals surface area contributed by atoms with Crippen LogP contribution in [0.1, 0.15) is 22.8 Å². The summed E-state index contributed by atoms with van der Waals surface area (Å²) in [5.74, 6) is -1.32. The number of urea groups is 1. The second kappa shape index (κ2) is 10.1. The number of benzene rings is 2. The molecule has 0 bridgehead atoms. The van der Waals surface area contributed by atoms with Crippen molar-refractivity contribution >= 4 is 23.6 Å². The van der Waals surface area contributed by atoms with Crippen LogP contribution in [0, 0.1) is 5.82 Å². The Balaban J connectivity index is 1.95. The minimum Gasteiger partial charge on any atom is -0.468 e. The first kappa shape index (κ1) is 20.9. The van der Waals surface area contributed by atoms with Crippen LogP contribution in [0.25, 0.3) is 0 Å². The molecular formula is C20H22FN3O4. The summed E-state index contributed by atoms with van der Waals surface area (Å²) in [6, 6.07) is 12.0. The summed E-state index contributed by atoms with van der Waals surface area (Å²) < 4.78 is 17.8. The highest BCUT2D eigenvalue weighted by Crippen LogP contribution is 2.13. The van der Waals surface area contributed by atoms with Gasteiger partial charge in [0.1, 0.15) is 12.4 Å². The molecule has 0 aliphatic rings. The van der Waals surface area contributed by atoms with Gasteiger partial charge in [0.25, 0.3) is 5.91 Å². The van der Waals surface area contributed by atoms with Crippen molar-refractivity contribution in [2.75, 3.05) is 25.5 Å². The minimum atomic E-state index is -0.546. The predicted octanol–water partition coefficient (Wildman–Crippen LogP) is 2.78. The molecular weight excluding hydrogens is 365 g/mol. The van der Waals surface area contributed by atoms with Gasteiger partial charge in [-0.15, -0.1) is 0 Å². The number of carbonyl (C=O) groups is 3. The molecule has 148 valence electrons. The Morgan fingerprint density at radius 1 is 1.11 bits per heavy atom. The standard InChI is InChI=1S/C20H22FN3O4/c1-3-24(13-14-5-4-6-16(21)11-14)20(27)23-17-9-7-15(8-10-17)19(26)22-12-18(25)28-2/h4-11H,3,12-13H2,1-2H3,(H,22,26)(H,23,27). The van der Waals surface area contributed by atoms with E-state index in [1.165, 1.54) is 36.3 Å². The monoisotopic (exact) mass is 387 g/mol. The highest BCUT2D eigenvalue weighted by molar-refractivity contribution is 5.97. The van der Waals surface area contributed by atoms with E-state index in [0.29, 0.717) is 23.4 Å². The van der Waals surface area contributed by atoms with Crippen molar-refractivity contribution < 1.29 is 23.5 Å². The van der Waals surface area contributed by atoms with Crippen molar-refractivity contribution in [1.82, 2.24) is 10.2 Å². The van der Waals surface area contributed by atoms with Gasteiger partial charge in [0.05, 0.1) is 7.11 Å². The molecule has 0 saturated heterocycles. The SMILES string of the molecule is CCN(Cc1cccc(F)c1)C(=O)Nc1ccc(C(=O)NCC(=O)OC)cc1. The van der Waals surface area contributed by atoms with E-state index >= 15 is 0 Å². The maximum atomic E-state index is 13.3. The summed E-state index contributed by atoms with van der Waals surface area (Å²) in [7, 11) is 1.24. The number of methoxy groups -OCH3 is 1. The number of amides is 3. The Bertz CT molecular complexity index is 840. The van der Waals surface area contributed by atoms with Crippen LogP contribution in [0.15, 0.2) is 48.5 Å². The maximum absolute atomic E-state index is 13.3. The molecule has 2 N–H and O–H groups in total. The average molecular weight is 387 g/mol. The van der Waals surface area contributed by atoms with Crippen molar-refractivity contribution in [2.45, 2.75) is 13.5 Å². The van der Waals surface area contributed by atoms with E-state index in [-0.39, 0.29) is 24.9 Å². The van der Waals surface area contributed by atoms with Crippen molar-refractivity contribution in [3.8, 4) is 0 Å². The first-order valence-corrected chi connectivity index (χ1v) is 8.68. The number of hydrogen-bond acceptors (Lipinski definition) is 4. The van der Waals surface area contributed by atoms with E-state index < -0.39 is 11.9 Å². The number of hydrogen-bond donors (Lipinski definition) is 2. The first-order valence-electron chi connectivity index (χ1n) is 8.68. The van der Waals surface area contributed by atoms with Gasteiger partial charge in [-0.3, -0.25) is 9.59 Å². The highest BCUT2D eigenvalue weighted by Gasteiger charge is 2.13. The molecule has 0 saturated carbocycles. The molecule has 0 aliphatic carbocycles. The molecule has 2 rings (SSSR count). The van der Waals surface area contributed by atoms with E-state index in [4.69, 9.17) is 0 Å². The minimum absolute atomic E-state index is 0.223. The lowest BCUT2D eigenvalue weighted by molar-refractivity contribution is -0.139. The number of carbonyl (C=O) groups excluding carboxylic acids is 3. The number of anilines is 1. The van der Waals surface area contributed by atoms with Crippen LogP contribution in [0.3, 0.4) is 0 Å². The zero-order chi connectivity index (χ0) is 20.5. The van der Waals surface area contributed by atoms with Crippen molar-refractivity contribution in [1.29, 1.82) is 0 Å². The molecule has 0 radical (unpaired) electrons. The Kier molecular flexibility index (Phi) is 7.50. The lowest BCUT2D eigenvalue weighted by Gasteiger charge is -2.21. The Hall–Kier alpha value is -3.42. The summed E-state index contributed by atoms with van der Waals surface area (Å²) in [6.07, 6.45) is 0. The lowest BCUT2D eigenvalue weighted by atomic mass is 10.2. The molecule has 28 heavy (non-hydrogen) atoms. The third-order valence-electron chi connectivity index (χ3n) is 3.95. The summed E-state index contributed by atoms with van der Waals surface area (Å²) in [5.41, 5.74) is 1.54. The van der Waals surface area contributed by atoms with Gasteiger partial charge in [0, 0.05) is 24.3 Å². The number of rotatable bonds is 7. The molecule has 8 heteroatoms. The largest absolute Gasteiger partial charge is 0.468 e. The molecule has 0 atom stereocenters. The highest BCUT2D eigenvalue weighted by atomic mass is 19.1. The summed E-state index contributed by atoms with van der Waals surface area (Å²) in [4.78, 5) is 37.0. The molecule has 0 heterocycles. The van der Waals surface area contributed by atoms with Gasteiger partial charge in [-0.1, -0.05) is 12.1 Å². The molecule has 2 aromatic rings. The van der Waals surface area contributed by atoms with Gasteiger partial charge >= 0.3 is 12.0 Å². The van der Waals surface area contributed by atoms with E-state index in [9.17, 15) is 18.8 Å². The fraction of sp³-hybridized carbons (Fsp3) is 0.250. The van der Waals surface area contributed by atoms with E-state index in [2.05, 4.69) is 15.4 Å².